The van der Waals surface area contributed by atoms with Crippen LogP contribution in [0.25, 0.3) is 0 Å². The highest BCUT2D eigenvalue weighted by Gasteiger charge is 2.30. The van der Waals surface area contributed by atoms with Gasteiger partial charge in [-0.05, 0) is 30.7 Å². The first-order valence-corrected chi connectivity index (χ1v) is 9.49. The lowest BCUT2D eigenvalue weighted by Gasteiger charge is -2.10. The molecule has 0 fully saturated rings. The van der Waals surface area contributed by atoms with E-state index < -0.39 is 31.1 Å². The zero-order valence-electron chi connectivity index (χ0n) is 14.3. The first-order chi connectivity index (χ1) is 12.8. The van der Waals surface area contributed by atoms with Gasteiger partial charge in [-0.25, -0.2) is 8.42 Å². The maximum absolute atomic E-state index is 13.0. The number of carbonyl (C=O) groups is 1. The Hall–Kier alpha value is -3.32. The van der Waals surface area contributed by atoms with Gasteiger partial charge in [0.15, 0.2) is 5.78 Å². The number of carbonyl (C=O) groups excluding carboxylic acids is 1. The third-order valence-corrected chi connectivity index (χ3v) is 5.93. The van der Waals surface area contributed by atoms with Crippen LogP contribution in [0, 0.1) is 17.0 Å². The van der Waals surface area contributed by atoms with Crippen molar-refractivity contribution in [2.75, 3.05) is 0 Å². The number of nitrogens with zero attached hydrogens (tertiary/aromatic N) is 1. The molecular weight excluding hydrogens is 366 g/mol. The average Bonchev–Trinajstić information content (AvgIpc) is 2.68. The Balaban J connectivity index is 2.24. The van der Waals surface area contributed by atoms with E-state index in [9.17, 15) is 23.3 Å². The number of sulfone groups is 1. The number of rotatable bonds is 5. The second-order valence-electron chi connectivity index (χ2n) is 5.90. The third kappa shape index (κ3) is 3.50. The van der Waals surface area contributed by atoms with Gasteiger partial charge in [0, 0.05) is 17.2 Å². The summed E-state index contributed by atoms with van der Waals surface area (Å²) in [6.07, 6.45) is 0. The number of hydrogen-bond donors (Lipinski definition) is 0. The molecule has 0 spiro atoms. The minimum absolute atomic E-state index is 0.0740. The summed E-state index contributed by atoms with van der Waals surface area (Å²) in [5.74, 6) is -0.396. The van der Waals surface area contributed by atoms with Gasteiger partial charge in [-0.15, -0.1) is 0 Å². The maximum atomic E-state index is 13.0. The average molecular weight is 381 g/mol. The first-order valence-electron chi connectivity index (χ1n) is 8.01. The summed E-state index contributed by atoms with van der Waals surface area (Å²) in [5.41, 5.74) is 0.266. The van der Waals surface area contributed by atoms with Crippen molar-refractivity contribution in [2.24, 2.45) is 0 Å². The molecule has 0 amide bonds. The van der Waals surface area contributed by atoms with Gasteiger partial charge >= 0.3 is 0 Å². The molecule has 7 heteroatoms. The van der Waals surface area contributed by atoms with E-state index in [-0.39, 0.29) is 10.5 Å². The fraction of sp³-hybridized carbons (Fsp3) is 0.0500. The van der Waals surface area contributed by atoms with Gasteiger partial charge in [-0.1, -0.05) is 48.5 Å². The van der Waals surface area contributed by atoms with Crippen molar-refractivity contribution in [1.82, 2.24) is 0 Å². The number of nitro groups is 1. The Morgan fingerprint density at radius 1 is 0.926 bits per heavy atom. The van der Waals surface area contributed by atoms with Crippen molar-refractivity contribution in [3.05, 3.63) is 99.6 Å². The Kier molecular flexibility index (Phi) is 4.87. The van der Waals surface area contributed by atoms with Crippen LogP contribution in [0.1, 0.15) is 21.5 Å². The van der Waals surface area contributed by atoms with E-state index in [0.717, 1.165) is 12.1 Å². The molecule has 0 aliphatic rings. The molecule has 0 bridgehead atoms. The van der Waals surface area contributed by atoms with Gasteiger partial charge in [0.05, 0.1) is 9.82 Å². The number of hydrogen-bond acceptors (Lipinski definition) is 5. The van der Waals surface area contributed by atoms with E-state index >= 15 is 0 Å². The molecule has 3 rings (SSSR count). The van der Waals surface area contributed by atoms with E-state index in [1.807, 2.05) is 0 Å². The minimum atomic E-state index is -4.16. The van der Waals surface area contributed by atoms with Crippen LogP contribution in [0.3, 0.4) is 0 Å². The van der Waals surface area contributed by atoms with Crippen molar-refractivity contribution in [3.63, 3.8) is 0 Å². The summed E-state index contributed by atoms with van der Waals surface area (Å²) < 4.78 is 25.9. The molecule has 0 saturated carbocycles. The molecule has 0 heterocycles. The molecular formula is C20H15NO5S. The maximum Gasteiger partial charge on any atom is 0.288 e. The lowest BCUT2D eigenvalue weighted by atomic mass is 9.98. The quantitative estimate of drug-likeness (QED) is 0.379. The summed E-state index contributed by atoms with van der Waals surface area (Å²) in [7, 11) is -4.16. The molecule has 0 aliphatic heterocycles. The molecule has 0 unspecified atom stereocenters. The topological polar surface area (TPSA) is 94.3 Å². The zero-order valence-corrected chi connectivity index (χ0v) is 15.1. The van der Waals surface area contributed by atoms with Crippen molar-refractivity contribution in [2.45, 2.75) is 16.7 Å². The Bertz CT molecular complexity index is 1120. The summed E-state index contributed by atoms with van der Waals surface area (Å²) in [6, 6.07) is 18.0. The van der Waals surface area contributed by atoms with Gasteiger partial charge in [-0.3, -0.25) is 14.9 Å². The molecule has 136 valence electrons. The summed E-state index contributed by atoms with van der Waals surface area (Å²) in [6.45, 7) is 1.54. The van der Waals surface area contributed by atoms with Crippen molar-refractivity contribution < 1.29 is 18.1 Å². The number of ketones is 1. The van der Waals surface area contributed by atoms with Crippen LogP contribution in [-0.4, -0.2) is 19.1 Å². The van der Waals surface area contributed by atoms with Crippen LogP contribution in [-0.2, 0) is 9.84 Å². The van der Waals surface area contributed by atoms with Crippen LogP contribution in [0.2, 0.25) is 0 Å². The SMILES string of the molecule is Cc1cc([N+](=O)[O-])c(S(=O)(=O)c2ccccc2)cc1C(=O)c1ccccc1. The predicted molar refractivity (Wildman–Crippen MR) is 99.6 cm³/mol. The molecule has 3 aromatic carbocycles. The van der Waals surface area contributed by atoms with Crippen molar-refractivity contribution >= 4 is 21.3 Å². The normalized spacial score (nSPS) is 11.1. The monoisotopic (exact) mass is 381 g/mol. The zero-order chi connectivity index (χ0) is 19.6. The standard InChI is InChI=1S/C20H15NO5S/c1-14-12-18(21(23)24)19(27(25,26)16-10-6-3-7-11-16)13-17(14)20(22)15-8-4-2-5-9-15/h2-13H,1H3. The van der Waals surface area contributed by atoms with Crippen molar-refractivity contribution in [3.8, 4) is 0 Å². The van der Waals surface area contributed by atoms with Crippen LogP contribution < -0.4 is 0 Å². The van der Waals surface area contributed by atoms with E-state index in [1.165, 1.54) is 24.3 Å². The molecule has 0 radical (unpaired) electrons. The molecule has 0 N–H and O–H groups in total. The Morgan fingerprint density at radius 3 is 2.04 bits per heavy atom. The van der Waals surface area contributed by atoms with E-state index in [2.05, 4.69) is 0 Å². The van der Waals surface area contributed by atoms with E-state index in [1.54, 1.807) is 43.3 Å². The summed E-state index contributed by atoms with van der Waals surface area (Å²) in [5, 5.41) is 11.5. The van der Waals surface area contributed by atoms with Gasteiger partial charge in [0.25, 0.3) is 5.69 Å². The summed E-state index contributed by atoms with van der Waals surface area (Å²) in [4.78, 5) is 22.9. The molecule has 0 saturated heterocycles. The molecule has 0 aromatic heterocycles. The third-order valence-electron chi connectivity index (χ3n) is 4.13. The highest BCUT2D eigenvalue weighted by molar-refractivity contribution is 7.91. The summed E-state index contributed by atoms with van der Waals surface area (Å²) >= 11 is 0. The number of aryl methyl sites for hydroxylation is 1. The number of nitro benzene ring substituents is 1. The highest BCUT2D eigenvalue weighted by Crippen LogP contribution is 2.32. The van der Waals surface area contributed by atoms with Gasteiger partial charge in [0.2, 0.25) is 9.84 Å². The molecule has 27 heavy (non-hydrogen) atoms. The van der Waals surface area contributed by atoms with E-state index in [0.29, 0.717) is 11.1 Å². The number of benzene rings is 3. The van der Waals surface area contributed by atoms with Crippen LogP contribution in [0.5, 0.6) is 0 Å². The van der Waals surface area contributed by atoms with Crippen LogP contribution >= 0.6 is 0 Å². The molecule has 3 aromatic rings. The minimum Gasteiger partial charge on any atom is -0.289 e. The fourth-order valence-electron chi connectivity index (χ4n) is 2.75. The van der Waals surface area contributed by atoms with Crippen molar-refractivity contribution in [1.29, 1.82) is 0 Å². The smallest absolute Gasteiger partial charge is 0.288 e. The van der Waals surface area contributed by atoms with E-state index in [4.69, 9.17) is 0 Å². The van der Waals surface area contributed by atoms with Gasteiger partial charge in [0.1, 0.15) is 4.90 Å². The highest BCUT2D eigenvalue weighted by atomic mass is 32.2. The largest absolute Gasteiger partial charge is 0.289 e. The first kappa shape index (κ1) is 18.5. The second kappa shape index (κ2) is 7.13. The van der Waals surface area contributed by atoms with Crippen LogP contribution in [0.4, 0.5) is 5.69 Å². The van der Waals surface area contributed by atoms with Gasteiger partial charge in [-0.2, -0.15) is 0 Å². The Labute approximate surface area is 156 Å². The Morgan fingerprint density at radius 2 is 1.48 bits per heavy atom. The molecule has 6 nitrogen and oxygen atoms in total. The van der Waals surface area contributed by atoms with Crippen LogP contribution in [0.15, 0.2) is 82.6 Å². The lowest BCUT2D eigenvalue weighted by molar-refractivity contribution is -0.387. The lowest BCUT2D eigenvalue weighted by Crippen LogP contribution is -2.10. The van der Waals surface area contributed by atoms with Gasteiger partial charge < -0.3 is 0 Å². The molecule has 0 aliphatic carbocycles. The predicted octanol–water partition coefficient (Wildman–Crippen LogP) is 3.97. The molecule has 0 atom stereocenters. The fourth-order valence-corrected chi connectivity index (χ4v) is 4.20. The second-order valence-corrected chi connectivity index (χ2v) is 7.82.